The third kappa shape index (κ3) is 3.51. The molecule has 1 aromatic rings. The van der Waals surface area contributed by atoms with Crippen LogP contribution in [0.25, 0.3) is 0 Å². The Morgan fingerprint density at radius 3 is 2.65 bits per heavy atom. The fraction of sp³-hybridized carbons (Fsp3) is 0.500. The Hall–Kier alpha value is -0.940. The van der Waals surface area contributed by atoms with Crippen LogP contribution in [0.1, 0.15) is 32.3 Å². The largest absolute Gasteiger partial charge is 0.314 e. The lowest BCUT2D eigenvalue weighted by atomic mass is 9.93. The van der Waals surface area contributed by atoms with Crippen LogP contribution in [0.3, 0.4) is 0 Å². The standard InChI is InChI=1S/C12H17BrN2O2/c1-4-14-9(3)8(2)11-7-10(13)5-6-12(11)15(16)17/h5-9,14H,4H2,1-3H3. The average Bonchev–Trinajstić information content (AvgIpc) is 2.27. The second-order valence-corrected chi connectivity index (χ2v) is 5.01. The molecule has 0 saturated carbocycles. The summed E-state index contributed by atoms with van der Waals surface area (Å²) in [5.41, 5.74) is 0.947. The predicted octanol–water partition coefficient (Wildman–Crippen LogP) is 3.46. The van der Waals surface area contributed by atoms with Gasteiger partial charge in [0.05, 0.1) is 4.92 Å². The lowest BCUT2D eigenvalue weighted by molar-refractivity contribution is -0.385. The summed E-state index contributed by atoms with van der Waals surface area (Å²) in [5.74, 6) is 0.0906. The fourth-order valence-electron chi connectivity index (χ4n) is 1.82. The highest BCUT2D eigenvalue weighted by Crippen LogP contribution is 2.31. The highest BCUT2D eigenvalue weighted by Gasteiger charge is 2.22. The van der Waals surface area contributed by atoms with Crippen molar-refractivity contribution in [3.05, 3.63) is 38.3 Å². The molecule has 0 radical (unpaired) electrons. The Kier molecular flexibility index (Phi) is 5.08. The number of hydrogen-bond acceptors (Lipinski definition) is 3. The molecule has 2 atom stereocenters. The molecule has 0 saturated heterocycles. The van der Waals surface area contributed by atoms with Crippen LogP contribution in [0.5, 0.6) is 0 Å². The first-order valence-electron chi connectivity index (χ1n) is 5.64. The number of likely N-dealkylation sites (N-methyl/N-ethyl adjacent to an activating group) is 1. The third-order valence-corrected chi connectivity index (χ3v) is 3.45. The molecule has 5 heteroatoms. The fourth-order valence-corrected chi connectivity index (χ4v) is 2.20. The van der Waals surface area contributed by atoms with Crippen LogP contribution in [0.4, 0.5) is 5.69 Å². The van der Waals surface area contributed by atoms with E-state index in [1.54, 1.807) is 12.1 Å². The monoisotopic (exact) mass is 300 g/mol. The second-order valence-electron chi connectivity index (χ2n) is 4.10. The molecule has 1 N–H and O–H groups in total. The zero-order valence-electron chi connectivity index (χ0n) is 10.2. The van der Waals surface area contributed by atoms with Crippen molar-refractivity contribution in [2.24, 2.45) is 0 Å². The van der Waals surface area contributed by atoms with E-state index in [1.165, 1.54) is 0 Å². The van der Waals surface area contributed by atoms with Crippen LogP contribution in [0.2, 0.25) is 0 Å². The van der Waals surface area contributed by atoms with Gasteiger partial charge in [-0.05, 0) is 25.6 Å². The summed E-state index contributed by atoms with van der Waals surface area (Å²) in [4.78, 5) is 10.7. The Bertz CT molecular complexity index is 409. The summed E-state index contributed by atoms with van der Waals surface area (Å²) in [6.07, 6.45) is 0. The van der Waals surface area contributed by atoms with Gasteiger partial charge >= 0.3 is 0 Å². The quantitative estimate of drug-likeness (QED) is 0.669. The molecule has 0 aromatic heterocycles. The molecule has 0 aliphatic heterocycles. The Morgan fingerprint density at radius 1 is 1.47 bits per heavy atom. The summed E-state index contributed by atoms with van der Waals surface area (Å²) in [7, 11) is 0. The van der Waals surface area contributed by atoms with Gasteiger partial charge in [-0.2, -0.15) is 0 Å². The number of benzene rings is 1. The van der Waals surface area contributed by atoms with Gasteiger partial charge < -0.3 is 5.32 Å². The first kappa shape index (κ1) is 14.1. The molecular formula is C12H17BrN2O2. The average molecular weight is 301 g/mol. The normalized spacial score (nSPS) is 14.4. The van der Waals surface area contributed by atoms with Gasteiger partial charge in [0.25, 0.3) is 5.69 Å². The molecule has 0 aliphatic carbocycles. The van der Waals surface area contributed by atoms with Crippen LogP contribution in [0, 0.1) is 10.1 Å². The number of nitro groups is 1. The van der Waals surface area contributed by atoms with Crippen molar-refractivity contribution in [3.63, 3.8) is 0 Å². The maximum absolute atomic E-state index is 11.0. The highest BCUT2D eigenvalue weighted by atomic mass is 79.9. The molecule has 0 heterocycles. The zero-order chi connectivity index (χ0) is 13.0. The maximum atomic E-state index is 11.0. The minimum atomic E-state index is -0.322. The van der Waals surface area contributed by atoms with Gasteiger partial charge in [-0.25, -0.2) is 0 Å². The Balaban J connectivity index is 3.10. The highest BCUT2D eigenvalue weighted by molar-refractivity contribution is 9.10. The summed E-state index contributed by atoms with van der Waals surface area (Å²) in [6.45, 7) is 6.92. The van der Waals surface area contributed by atoms with E-state index < -0.39 is 0 Å². The number of nitro benzene ring substituents is 1. The van der Waals surface area contributed by atoms with E-state index in [0.717, 1.165) is 16.6 Å². The third-order valence-electron chi connectivity index (χ3n) is 2.95. The van der Waals surface area contributed by atoms with Crippen molar-refractivity contribution in [2.45, 2.75) is 32.7 Å². The van der Waals surface area contributed by atoms with Gasteiger partial charge in [0, 0.05) is 28.1 Å². The Labute approximate surface area is 110 Å². The van der Waals surface area contributed by atoms with E-state index in [0.29, 0.717) is 0 Å². The van der Waals surface area contributed by atoms with Gasteiger partial charge in [0.2, 0.25) is 0 Å². The van der Waals surface area contributed by atoms with Crippen LogP contribution >= 0.6 is 15.9 Å². The minimum Gasteiger partial charge on any atom is -0.314 e. The van der Waals surface area contributed by atoms with Crippen molar-refractivity contribution in [1.82, 2.24) is 5.32 Å². The van der Waals surface area contributed by atoms with Crippen molar-refractivity contribution in [2.75, 3.05) is 6.54 Å². The number of nitrogens with one attached hydrogen (secondary N) is 1. The molecular weight excluding hydrogens is 284 g/mol. The first-order chi connectivity index (χ1) is 7.97. The van der Waals surface area contributed by atoms with Crippen LogP contribution in [0.15, 0.2) is 22.7 Å². The summed E-state index contributed by atoms with van der Waals surface area (Å²) in [5, 5.41) is 14.3. The Morgan fingerprint density at radius 2 is 2.12 bits per heavy atom. The van der Waals surface area contributed by atoms with Gasteiger partial charge in [-0.3, -0.25) is 10.1 Å². The van der Waals surface area contributed by atoms with Gasteiger partial charge in [-0.15, -0.1) is 0 Å². The molecule has 17 heavy (non-hydrogen) atoms. The van der Waals surface area contributed by atoms with Crippen molar-refractivity contribution < 1.29 is 4.92 Å². The van der Waals surface area contributed by atoms with Crippen molar-refractivity contribution >= 4 is 21.6 Å². The molecule has 0 fully saturated rings. The number of nitrogens with zero attached hydrogens (tertiary/aromatic N) is 1. The molecule has 2 unspecified atom stereocenters. The molecule has 1 rings (SSSR count). The lowest BCUT2D eigenvalue weighted by Gasteiger charge is -2.21. The van der Waals surface area contributed by atoms with E-state index >= 15 is 0 Å². The van der Waals surface area contributed by atoms with E-state index in [2.05, 4.69) is 21.2 Å². The number of hydrogen-bond donors (Lipinski definition) is 1. The van der Waals surface area contributed by atoms with Crippen LogP contribution in [-0.2, 0) is 0 Å². The molecule has 0 spiro atoms. The lowest BCUT2D eigenvalue weighted by Crippen LogP contribution is -2.30. The van der Waals surface area contributed by atoms with Gasteiger partial charge in [0.15, 0.2) is 0 Å². The minimum absolute atomic E-state index is 0.0906. The number of rotatable bonds is 5. The van der Waals surface area contributed by atoms with E-state index in [-0.39, 0.29) is 22.6 Å². The van der Waals surface area contributed by atoms with Crippen LogP contribution < -0.4 is 5.32 Å². The number of halogens is 1. The summed E-state index contributed by atoms with van der Waals surface area (Å²) >= 11 is 3.36. The first-order valence-corrected chi connectivity index (χ1v) is 6.43. The smallest absolute Gasteiger partial charge is 0.272 e. The second kappa shape index (κ2) is 6.12. The topological polar surface area (TPSA) is 55.2 Å². The van der Waals surface area contributed by atoms with Crippen LogP contribution in [-0.4, -0.2) is 17.5 Å². The molecule has 0 aliphatic rings. The van der Waals surface area contributed by atoms with E-state index in [9.17, 15) is 10.1 Å². The SMILES string of the molecule is CCNC(C)C(C)c1cc(Br)ccc1[N+](=O)[O-]. The molecule has 4 nitrogen and oxygen atoms in total. The maximum Gasteiger partial charge on any atom is 0.272 e. The van der Waals surface area contributed by atoms with E-state index in [4.69, 9.17) is 0 Å². The zero-order valence-corrected chi connectivity index (χ0v) is 11.8. The molecule has 0 amide bonds. The summed E-state index contributed by atoms with van der Waals surface area (Å²) in [6, 6.07) is 5.28. The summed E-state index contributed by atoms with van der Waals surface area (Å²) < 4.78 is 0.869. The molecule has 1 aromatic carbocycles. The molecule has 94 valence electrons. The van der Waals surface area contributed by atoms with E-state index in [1.807, 2.05) is 26.8 Å². The van der Waals surface area contributed by atoms with Gasteiger partial charge in [0.1, 0.15) is 0 Å². The van der Waals surface area contributed by atoms with Gasteiger partial charge in [-0.1, -0.05) is 29.8 Å². The predicted molar refractivity (Wildman–Crippen MR) is 72.4 cm³/mol. The van der Waals surface area contributed by atoms with Crippen molar-refractivity contribution in [1.29, 1.82) is 0 Å². The van der Waals surface area contributed by atoms with Crippen molar-refractivity contribution in [3.8, 4) is 0 Å². The molecule has 0 bridgehead atoms.